The van der Waals surface area contributed by atoms with E-state index in [1.165, 1.54) is 12.1 Å². The van der Waals surface area contributed by atoms with Crippen LogP contribution in [0.4, 0.5) is 14.5 Å². The van der Waals surface area contributed by atoms with E-state index in [0.29, 0.717) is 0 Å². The van der Waals surface area contributed by atoms with Crippen molar-refractivity contribution in [1.82, 2.24) is 0 Å². The zero-order chi connectivity index (χ0) is 13.4. The number of phenolic OH excluding ortho intramolecular Hbond substituents is 1. The number of nitrogens with one attached hydrogen (secondary N) is 1. The maximum absolute atomic E-state index is 13.6. The van der Waals surface area contributed by atoms with Crippen molar-refractivity contribution in [3.05, 3.63) is 59.2 Å². The minimum absolute atomic E-state index is 0.0987. The lowest BCUT2D eigenvalue weighted by Gasteiger charge is -2.16. The van der Waals surface area contributed by atoms with Crippen molar-refractivity contribution in [3.63, 3.8) is 0 Å². The third-order valence-electron chi connectivity index (χ3n) is 3.53. The summed E-state index contributed by atoms with van der Waals surface area (Å²) in [6.07, 6.45) is 1.49. The molecule has 4 heteroatoms. The van der Waals surface area contributed by atoms with Gasteiger partial charge >= 0.3 is 0 Å². The van der Waals surface area contributed by atoms with E-state index in [0.717, 1.165) is 30.0 Å². The molecule has 0 spiro atoms. The van der Waals surface area contributed by atoms with Crippen LogP contribution in [0.15, 0.2) is 36.4 Å². The number of fused-ring (bicyclic) bond motifs is 1. The molecule has 0 amide bonds. The average Bonchev–Trinajstić information content (AvgIpc) is 2.80. The first-order chi connectivity index (χ1) is 9.16. The van der Waals surface area contributed by atoms with Gasteiger partial charge in [0.1, 0.15) is 5.75 Å². The lowest BCUT2D eigenvalue weighted by molar-refractivity contribution is 0.469. The van der Waals surface area contributed by atoms with Gasteiger partial charge in [0.25, 0.3) is 0 Å². The molecule has 98 valence electrons. The summed E-state index contributed by atoms with van der Waals surface area (Å²) in [7, 11) is 0. The summed E-state index contributed by atoms with van der Waals surface area (Å²) in [6.45, 7) is 0. The van der Waals surface area contributed by atoms with E-state index in [1.54, 1.807) is 12.1 Å². The van der Waals surface area contributed by atoms with Crippen LogP contribution < -0.4 is 5.32 Å². The van der Waals surface area contributed by atoms with Crippen molar-refractivity contribution in [2.24, 2.45) is 0 Å². The van der Waals surface area contributed by atoms with Crippen molar-refractivity contribution in [2.45, 2.75) is 18.9 Å². The molecule has 0 heterocycles. The van der Waals surface area contributed by atoms with E-state index in [4.69, 9.17) is 0 Å². The van der Waals surface area contributed by atoms with Gasteiger partial charge in [-0.3, -0.25) is 0 Å². The fourth-order valence-corrected chi connectivity index (χ4v) is 2.59. The zero-order valence-corrected chi connectivity index (χ0v) is 10.2. The summed E-state index contributed by atoms with van der Waals surface area (Å²) in [5.74, 6) is -1.46. The number of benzene rings is 2. The van der Waals surface area contributed by atoms with E-state index in [-0.39, 0.29) is 17.5 Å². The Kier molecular flexibility index (Phi) is 2.85. The Bertz CT molecular complexity index is 628. The predicted molar refractivity (Wildman–Crippen MR) is 69.1 cm³/mol. The number of halogens is 2. The average molecular weight is 261 g/mol. The first-order valence-electron chi connectivity index (χ1n) is 6.18. The van der Waals surface area contributed by atoms with Crippen LogP contribution in [0, 0.1) is 11.6 Å². The summed E-state index contributed by atoms with van der Waals surface area (Å²) >= 11 is 0. The third-order valence-corrected chi connectivity index (χ3v) is 3.53. The largest absolute Gasteiger partial charge is 0.508 e. The van der Waals surface area contributed by atoms with Crippen LogP contribution >= 0.6 is 0 Å². The van der Waals surface area contributed by atoms with Crippen molar-refractivity contribution >= 4 is 5.69 Å². The summed E-state index contributed by atoms with van der Waals surface area (Å²) in [6, 6.07) is 9.28. The second-order valence-electron chi connectivity index (χ2n) is 4.68. The zero-order valence-electron chi connectivity index (χ0n) is 10.2. The molecule has 1 unspecified atom stereocenters. The minimum atomic E-state index is -0.865. The normalized spacial score (nSPS) is 17.3. The van der Waals surface area contributed by atoms with Crippen LogP contribution in [-0.4, -0.2) is 5.11 Å². The van der Waals surface area contributed by atoms with E-state index >= 15 is 0 Å². The van der Waals surface area contributed by atoms with Gasteiger partial charge in [-0.25, -0.2) is 8.78 Å². The number of rotatable bonds is 2. The van der Waals surface area contributed by atoms with Gasteiger partial charge in [0, 0.05) is 0 Å². The van der Waals surface area contributed by atoms with Gasteiger partial charge < -0.3 is 10.4 Å². The Morgan fingerprint density at radius 1 is 1.11 bits per heavy atom. The molecule has 0 saturated heterocycles. The summed E-state index contributed by atoms with van der Waals surface area (Å²) < 4.78 is 26.8. The molecule has 19 heavy (non-hydrogen) atoms. The van der Waals surface area contributed by atoms with Crippen molar-refractivity contribution in [2.75, 3.05) is 5.32 Å². The highest BCUT2D eigenvalue weighted by Gasteiger charge is 2.25. The highest BCUT2D eigenvalue weighted by atomic mass is 19.2. The molecule has 0 bridgehead atoms. The molecular weight excluding hydrogens is 248 g/mol. The molecule has 0 radical (unpaired) electrons. The van der Waals surface area contributed by atoms with Gasteiger partial charge in [0.05, 0.1) is 11.7 Å². The van der Waals surface area contributed by atoms with Gasteiger partial charge in [-0.2, -0.15) is 0 Å². The molecule has 1 atom stereocenters. The SMILES string of the molecule is Oc1cccc2c1CCC2Nc1cccc(F)c1F. The fraction of sp³-hybridized carbons (Fsp3) is 0.200. The molecule has 0 saturated carbocycles. The standard InChI is InChI=1S/C15H13F2NO/c16-11-4-2-5-13(15(11)17)18-12-8-7-10-9(12)3-1-6-14(10)19/h1-6,12,18-19H,7-8H2. The molecular formula is C15H13F2NO. The van der Waals surface area contributed by atoms with Crippen LogP contribution in [0.5, 0.6) is 5.75 Å². The first kappa shape index (κ1) is 12.0. The lowest BCUT2D eigenvalue weighted by atomic mass is 10.1. The molecule has 2 aromatic carbocycles. The Morgan fingerprint density at radius 3 is 2.74 bits per heavy atom. The summed E-state index contributed by atoms with van der Waals surface area (Å²) in [4.78, 5) is 0. The smallest absolute Gasteiger partial charge is 0.181 e. The first-order valence-corrected chi connectivity index (χ1v) is 6.18. The fourth-order valence-electron chi connectivity index (χ4n) is 2.59. The van der Waals surface area contributed by atoms with Crippen molar-refractivity contribution < 1.29 is 13.9 Å². The number of anilines is 1. The van der Waals surface area contributed by atoms with Crippen LogP contribution in [0.1, 0.15) is 23.6 Å². The molecule has 2 aromatic rings. The summed E-state index contributed by atoms with van der Waals surface area (Å²) in [5, 5.41) is 12.8. The second kappa shape index (κ2) is 4.53. The molecule has 0 fully saturated rings. The van der Waals surface area contributed by atoms with E-state index in [1.807, 2.05) is 6.07 Å². The predicted octanol–water partition coefficient (Wildman–Crippen LogP) is 3.77. The molecule has 1 aliphatic rings. The Hall–Kier alpha value is -2.10. The topological polar surface area (TPSA) is 32.3 Å². The Balaban J connectivity index is 1.91. The van der Waals surface area contributed by atoms with Gasteiger partial charge in [0.2, 0.25) is 0 Å². The monoisotopic (exact) mass is 261 g/mol. The molecule has 1 aliphatic carbocycles. The second-order valence-corrected chi connectivity index (χ2v) is 4.68. The van der Waals surface area contributed by atoms with Crippen LogP contribution in [0.2, 0.25) is 0 Å². The van der Waals surface area contributed by atoms with E-state index in [2.05, 4.69) is 5.32 Å². The number of hydrogen-bond donors (Lipinski definition) is 2. The van der Waals surface area contributed by atoms with Gasteiger partial charge in [-0.05, 0) is 42.2 Å². The highest BCUT2D eigenvalue weighted by molar-refractivity contribution is 5.52. The molecule has 0 aliphatic heterocycles. The van der Waals surface area contributed by atoms with Gasteiger partial charge in [-0.1, -0.05) is 18.2 Å². The number of phenols is 1. The van der Waals surface area contributed by atoms with Crippen molar-refractivity contribution in [1.29, 1.82) is 0 Å². The van der Waals surface area contributed by atoms with Gasteiger partial charge in [-0.15, -0.1) is 0 Å². The maximum Gasteiger partial charge on any atom is 0.181 e. The molecule has 3 rings (SSSR count). The Morgan fingerprint density at radius 2 is 1.89 bits per heavy atom. The molecule has 2 nitrogen and oxygen atoms in total. The maximum atomic E-state index is 13.6. The number of hydrogen-bond acceptors (Lipinski definition) is 2. The molecule has 2 N–H and O–H groups in total. The third kappa shape index (κ3) is 2.03. The van der Waals surface area contributed by atoms with E-state index < -0.39 is 11.6 Å². The van der Waals surface area contributed by atoms with Crippen LogP contribution in [0.3, 0.4) is 0 Å². The van der Waals surface area contributed by atoms with E-state index in [9.17, 15) is 13.9 Å². The van der Waals surface area contributed by atoms with Crippen LogP contribution in [0.25, 0.3) is 0 Å². The van der Waals surface area contributed by atoms with Gasteiger partial charge in [0.15, 0.2) is 11.6 Å². The number of aromatic hydroxyl groups is 1. The van der Waals surface area contributed by atoms with Crippen LogP contribution in [-0.2, 0) is 6.42 Å². The minimum Gasteiger partial charge on any atom is -0.508 e. The summed E-state index contributed by atoms with van der Waals surface area (Å²) in [5.41, 5.74) is 1.99. The molecule has 0 aromatic heterocycles. The van der Waals surface area contributed by atoms with Crippen molar-refractivity contribution in [3.8, 4) is 5.75 Å². The quantitative estimate of drug-likeness (QED) is 0.862. The lowest BCUT2D eigenvalue weighted by Crippen LogP contribution is -2.09. The highest BCUT2D eigenvalue weighted by Crippen LogP contribution is 2.38. The Labute approximate surface area is 109 Å².